The predicted octanol–water partition coefficient (Wildman–Crippen LogP) is 13.0. The Morgan fingerprint density at radius 2 is 0.574 bits per heavy atom. The molecule has 47 heavy (non-hydrogen) atoms. The summed E-state index contributed by atoms with van der Waals surface area (Å²) in [4.78, 5) is 4.81. The van der Waals surface area contributed by atoms with Gasteiger partial charge in [-0.05, 0) is 103 Å². The highest BCUT2D eigenvalue weighted by molar-refractivity contribution is 6.24. The number of hydrogen-bond acceptors (Lipinski definition) is 2. The lowest BCUT2D eigenvalue weighted by atomic mass is 9.93. The zero-order chi connectivity index (χ0) is 31.9. The number of fused-ring (bicyclic) bond motifs is 5. The molecule has 0 aliphatic rings. The SMILES string of the molecule is Cc1ccc(N(c2ccccc2)c2cc3c4ccccc4c(N(c4ccc(C)cc4)c4ccc(C)cc4)cc3c3ccccc23)cc1. The molecule has 0 spiro atoms. The Kier molecular flexibility index (Phi) is 7.19. The molecule has 0 saturated carbocycles. The lowest BCUT2D eigenvalue weighted by molar-refractivity contribution is 1.28. The lowest BCUT2D eigenvalue weighted by Gasteiger charge is -2.30. The minimum absolute atomic E-state index is 1.13. The van der Waals surface area contributed by atoms with E-state index in [0.717, 1.165) is 34.1 Å². The molecular weight excluding hydrogens is 569 g/mol. The van der Waals surface area contributed by atoms with E-state index in [2.05, 4.69) is 194 Å². The van der Waals surface area contributed by atoms with E-state index in [9.17, 15) is 0 Å². The van der Waals surface area contributed by atoms with Gasteiger partial charge in [0.05, 0.1) is 11.4 Å². The van der Waals surface area contributed by atoms with Crippen LogP contribution in [-0.2, 0) is 0 Å². The van der Waals surface area contributed by atoms with Crippen molar-refractivity contribution in [1.82, 2.24) is 0 Å². The van der Waals surface area contributed by atoms with E-state index in [1.54, 1.807) is 0 Å². The van der Waals surface area contributed by atoms with E-state index in [-0.39, 0.29) is 0 Å². The maximum absolute atomic E-state index is 2.41. The normalized spacial score (nSPS) is 11.3. The van der Waals surface area contributed by atoms with Crippen molar-refractivity contribution < 1.29 is 0 Å². The Labute approximate surface area is 276 Å². The first-order chi connectivity index (χ1) is 23.0. The Morgan fingerprint density at radius 1 is 0.277 bits per heavy atom. The van der Waals surface area contributed by atoms with Crippen LogP contribution in [0.4, 0.5) is 34.1 Å². The highest BCUT2D eigenvalue weighted by Crippen LogP contribution is 2.47. The molecule has 8 rings (SSSR count). The van der Waals surface area contributed by atoms with Gasteiger partial charge in [0, 0.05) is 33.5 Å². The van der Waals surface area contributed by atoms with Crippen LogP contribution in [-0.4, -0.2) is 0 Å². The molecule has 0 aliphatic heterocycles. The average Bonchev–Trinajstić information content (AvgIpc) is 3.11. The van der Waals surface area contributed by atoms with Gasteiger partial charge in [-0.25, -0.2) is 0 Å². The van der Waals surface area contributed by atoms with Crippen LogP contribution in [0.25, 0.3) is 32.3 Å². The molecule has 0 unspecified atom stereocenters. The molecule has 0 N–H and O–H groups in total. The third-order valence-corrected chi connectivity index (χ3v) is 9.21. The summed E-state index contributed by atoms with van der Waals surface area (Å²) in [6.07, 6.45) is 0. The molecule has 2 heteroatoms. The minimum atomic E-state index is 1.13. The predicted molar refractivity (Wildman–Crippen MR) is 203 cm³/mol. The third kappa shape index (κ3) is 5.18. The van der Waals surface area contributed by atoms with Crippen LogP contribution < -0.4 is 9.80 Å². The number of rotatable bonds is 6. The van der Waals surface area contributed by atoms with E-state index in [1.807, 2.05) is 0 Å². The topological polar surface area (TPSA) is 6.48 Å². The molecule has 226 valence electrons. The molecule has 0 fully saturated rings. The van der Waals surface area contributed by atoms with Crippen LogP contribution >= 0.6 is 0 Å². The molecule has 8 aromatic carbocycles. The third-order valence-electron chi connectivity index (χ3n) is 9.21. The summed E-state index contributed by atoms with van der Waals surface area (Å²) < 4.78 is 0. The second-order valence-corrected chi connectivity index (χ2v) is 12.5. The van der Waals surface area contributed by atoms with Gasteiger partial charge < -0.3 is 9.80 Å². The molecule has 0 bridgehead atoms. The minimum Gasteiger partial charge on any atom is -0.310 e. The number of aryl methyl sites for hydroxylation is 3. The maximum atomic E-state index is 2.41. The fourth-order valence-corrected chi connectivity index (χ4v) is 6.80. The van der Waals surface area contributed by atoms with Gasteiger partial charge in [-0.15, -0.1) is 0 Å². The average molecular weight is 605 g/mol. The standard InChI is InChI=1S/C45H36N2/c1-31-17-23-35(24-18-31)46(34-11-5-4-6-12-34)44-29-42-39-14-8-10-16-41(39)45(30-43(42)38-13-7-9-15-40(38)44)47(36-25-19-32(2)20-26-36)37-27-21-33(3)22-28-37/h4-30H,1-3H3. The van der Waals surface area contributed by atoms with Crippen LogP contribution in [0.5, 0.6) is 0 Å². The van der Waals surface area contributed by atoms with Gasteiger partial charge in [0.1, 0.15) is 0 Å². The Hall–Kier alpha value is -5.86. The van der Waals surface area contributed by atoms with Gasteiger partial charge in [0.2, 0.25) is 0 Å². The molecule has 0 aromatic heterocycles. The van der Waals surface area contributed by atoms with Crippen molar-refractivity contribution in [3.8, 4) is 0 Å². The monoisotopic (exact) mass is 604 g/mol. The molecule has 0 heterocycles. The molecule has 0 atom stereocenters. The molecular formula is C45H36N2. The van der Waals surface area contributed by atoms with Crippen molar-refractivity contribution in [3.63, 3.8) is 0 Å². The first-order valence-corrected chi connectivity index (χ1v) is 16.3. The largest absolute Gasteiger partial charge is 0.310 e. The smallest absolute Gasteiger partial charge is 0.0546 e. The number of para-hydroxylation sites is 1. The van der Waals surface area contributed by atoms with Gasteiger partial charge in [-0.3, -0.25) is 0 Å². The van der Waals surface area contributed by atoms with Crippen LogP contribution in [0.2, 0.25) is 0 Å². The fraction of sp³-hybridized carbons (Fsp3) is 0.0667. The zero-order valence-electron chi connectivity index (χ0n) is 27.0. The van der Waals surface area contributed by atoms with Crippen LogP contribution in [0.3, 0.4) is 0 Å². The van der Waals surface area contributed by atoms with Crippen LogP contribution in [0, 0.1) is 20.8 Å². The van der Waals surface area contributed by atoms with Crippen molar-refractivity contribution in [2.45, 2.75) is 20.8 Å². The Morgan fingerprint density at radius 3 is 0.936 bits per heavy atom. The van der Waals surface area contributed by atoms with E-state index in [1.165, 1.54) is 49.0 Å². The molecule has 8 aromatic rings. The van der Waals surface area contributed by atoms with Crippen molar-refractivity contribution >= 4 is 66.4 Å². The molecule has 0 aliphatic carbocycles. The van der Waals surface area contributed by atoms with Gasteiger partial charge in [0.25, 0.3) is 0 Å². The summed E-state index contributed by atoms with van der Waals surface area (Å²) in [5, 5.41) is 7.35. The van der Waals surface area contributed by atoms with Crippen molar-refractivity contribution in [2.24, 2.45) is 0 Å². The lowest BCUT2D eigenvalue weighted by Crippen LogP contribution is -2.12. The Balaban J connectivity index is 1.46. The highest BCUT2D eigenvalue weighted by atomic mass is 15.1. The van der Waals surface area contributed by atoms with Gasteiger partial charge >= 0.3 is 0 Å². The van der Waals surface area contributed by atoms with Crippen molar-refractivity contribution in [2.75, 3.05) is 9.80 Å². The van der Waals surface area contributed by atoms with E-state index in [4.69, 9.17) is 0 Å². The first-order valence-electron chi connectivity index (χ1n) is 16.3. The van der Waals surface area contributed by atoms with E-state index < -0.39 is 0 Å². The summed E-state index contributed by atoms with van der Waals surface area (Å²) in [6.45, 7) is 6.43. The fourth-order valence-electron chi connectivity index (χ4n) is 6.80. The van der Waals surface area contributed by atoms with Crippen molar-refractivity contribution in [1.29, 1.82) is 0 Å². The van der Waals surface area contributed by atoms with E-state index in [0.29, 0.717) is 0 Å². The molecule has 0 saturated heterocycles. The van der Waals surface area contributed by atoms with Gasteiger partial charge in [-0.2, -0.15) is 0 Å². The van der Waals surface area contributed by atoms with Crippen LogP contribution in [0.15, 0.2) is 164 Å². The van der Waals surface area contributed by atoms with Crippen LogP contribution in [0.1, 0.15) is 16.7 Å². The summed E-state index contributed by atoms with van der Waals surface area (Å²) in [5.74, 6) is 0. The van der Waals surface area contributed by atoms with E-state index >= 15 is 0 Å². The quantitative estimate of drug-likeness (QED) is 0.174. The maximum Gasteiger partial charge on any atom is 0.0546 e. The highest BCUT2D eigenvalue weighted by Gasteiger charge is 2.21. The number of benzene rings is 8. The second kappa shape index (κ2) is 11.8. The first kappa shape index (κ1) is 28.6. The number of anilines is 6. The zero-order valence-corrected chi connectivity index (χ0v) is 27.0. The summed E-state index contributed by atoms with van der Waals surface area (Å²) >= 11 is 0. The Bertz CT molecular complexity index is 2310. The van der Waals surface area contributed by atoms with Crippen molar-refractivity contribution in [3.05, 3.63) is 180 Å². The summed E-state index contributed by atoms with van der Waals surface area (Å²) in [6, 6.07) is 59.8. The van der Waals surface area contributed by atoms with Gasteiger partial charge in [-0.1, -0.05) is 120 Å². The van der Waals surface area contributed by atoms with Gasteiger partial charge in [0.15, 0.2) is 0 Å². The summed E-state index contributed by atoms with van der Waals surface area (Å²) in [5.41, 5.74) is 10.6. The molecule has 0 amide bonds. The number of nitrogens with zero attached hydrogens (tertiary/aromatic N) is 2. The molecule has 2 nitrogen and oxygen atoms in total. The number of hydrogen-bond donors (Lipinski definition) is 0. The molecule has 0 radical (unpaired) electrons. The summed E-state index contributed by atoms with van der Waals surface area (Å²) in [7, 11) is 0. The second-order valence-electron chi connectivity index (χ2n) is 12.5.